The third-order valence-corrected chi connectivity index (χ3v) is 6.16. The number of nitrogens with one attached hydrogen (secondary N) is 2. The maximum absolute atomic E-state index is 12.4. The molecular formula is C22H17N3O3S2. The van der Waals surface area contributed by atoms with Crippen LogP contribution in [0.4, 0.5) is 5.69 Å². The molecular weight excluding hydrogens is 418 g/mol. The van der Waals surface area contributed by atoms with Crippen molar-refractivity contribution in [2.75, 3.05) is 5.32 Å². The molecule has 0 atom stereocenters. The number of benzene rings is 1. The maximum Gasteiger partial charge on any atom is 0.313 e. The second-order valence-electron chi connectivity index (χ2n) is 6.57. The van der Waals surface area contributed by atoms with Gasteiger partial charge in [-0.05, 0) is 42.6 Å². The zero-order chi connectivity index (χ0) is 21.1. The number of carbonyl (C=O) groups is 3. The van der Waals surface area contributed by atoms with E-state index >= 15 is 0 Å². The molecule has 0 saturated carbocycles. The highest BCUT2D eigenvalue weighted by atomic mass is 32.1. The Hall–Kier alpha value is -3.36. The van der Waals surface area contributed by atoms with Crippen LogP contribution in [0, 0.1) is 6.92 Å². The van der Waals surface area contributed by atoms with E-state index in [0.717, 1.165) is 21.5 Å². The summed E-state index contributed by atoms with van der Waals surface area (Å²) >= 11 is 2.77. The number of aryl methyl sites for hydroxylation is 1. The highest BCUT2D eigenvalue weighted by Gasteiger charge is 2.17. The lowest BCUT2D eigenvalue weighted by Gasteiger charge is -2.09. The van der Waals surface area contributed by atoms with E-state index in [-0.39, 0.29) is 12.3 Å². The number of thiophene rings is 2. The number of carbonyl (C=O) groups excluding carboxylic acids is 3. The van der Waals surface area contributed by atoms with E-state index in [1.54, 1.807) is 29.6 Å². The van der Waals surface area contributed by atoms with E-state index in [9.17, 15) is 14.4 Å². The molecule has 4 aromatic rings. The topological polar surface area (TPSA) is 88.2 Å². The van der Waals surface area contributed by atoms with Gasteiger partial charge in [0, 0.05) is 26.9 Å². The lowest BCUT2D eigenvalue weighted by Crippen LogP contribution is -2.34. The average molecular weight is 436 g/mol. The van der Waals surface area contributed by atoms with Gasteiger partial charge in [0.2, 0.25) is 5.78 Å². The second-order valence-corrected chi connectivity index (χ2v) is 8.52. The molecule has 0 unspecified atom stereocenters. The smallest absolute Gasteiger partial charge is 0.313 e. The van der Waals surface area contributed by atoms with E-state index in [4.69, 9.17) is 0 Å². The number of nitrogens with zero attached hydrogens (tertiary/aromatic N) is 1. The largest absolute Gasteiger partial charge is 0.343 e. The summed E-state index contributed by atoms with van der Waals surface area (Å²) in [5.74, 6) is -1.54. The fourth-order valence-electron chi connectivity index (χ4n) is 2.97. The summed E-state index contributed by atoms with van der Waals surface area (Å²) < 4.78 is 0. The van der Waals surface area contributed by atoms with Gasteiger partial charge >= 0.3 is 11.8 Å². The summed E-state index contributed by atoms with van der Waals surface area (Å²) in [7, 11) is 0. The van der Waals surface area contributed by atoms with Crippen LogP contribution in [-0.2, 0) is 16.1 Å². The lowest BCUT2D eigenvalue weighted by atomic mass is 10.1. The number of hydrogen-bond acceptors (Lipinski definition) is 6. The SMILES string of the molecule is Cc1cc(NC(=O)C(=O)NCc2ccc(C(=O)c3ccsc3)s2)c2ccccc2n1. The molecule has 0 fully saturated rings. The number of rotatable bonds is 5. The standard InChI is InChI=1S/C22H17N3O3S2/c1-13-10-18(16-4-2-3-5-17(16)24-13)25-22(28)21(27)23-11-15-6-7-19(30-15)20(26)14-8-9-29-12-14/h2-10,12H,11H2,1H3,(H,23,27)(H,24,25,28). The fraction of sp³-hybridized carbons (Fsp3) is 0.0909. The van der Waals surface area contributed by atoms with Crippen LogP contribution in [0.15, 0.2) is 59.3 Å². The molecule has 0 radical (unpaired) electrons. The Morgan fingerprint density at radius 3 is 2.67 bits per heavy atom. The number of para-hydroxylation sites is 1. The lowest BCUT2D eigenvalue weighted by molar-refractivity contribution is -0.136. The van der Waals surface area contributed by atoms with Gasteiger partial charge in [0.25, 0.3) is 0 Å². The van der Waals surface area contributed by atoms with Crippen LogP contribution in [0.1, 0.15) is 25.8 Å². The molecule has 1 aromatic carbocycles. The Morgan fingerprint density at radius 1 is 1.03 bits per heavy atom. The van der Waals surface area contributed by atoms with Crippen molar-refractivity contribution < 1.29 is 14.4 Å². The van der Waals surface area contributed by atoms with Gasteiger partial charge in [-0.2, -0.15) is 11.3 Å². The molecule has 0 aliphatic carbocycles. The molecule has 4 rings (SSSR count). The molecule has 0 aliphatic rings. The number of aromatic nitrogens is 1. The first kappa shape index (κ1) is 19.9. The van der Waals surface area contributed by atoms with E-state index in [1.807, 2.05) is 36.6 Å². The number of anilines is 1. The van der Waals surface area contributed by atoms with Crippen LogP contribution in [-0.4, -0.2) is 22.6 Å². The van der Waals surface area contributed by atoms with Gasteiger partial charge in [-0.1, -0.05) is 18.2 Å². The molecule has 30 heavy (non-hydrogen) atoms. The van der Waals surface area contributed by atoms with Gasteiger partial charge in [-0.3, -0.25) is 19.4 Å². The zero-order valence-electron chi connectivity index (χ0n) is 16.0. The molecule has 0 bridgehead atoms. The van der Waals surface area contributed by atoms with Crippen molar-refractivity contribution in [2.24, 2.45) is 0 Å². The highest BCUT2D eigenvalue weighted by Crippen LogP contribution is 2.23. The van der Waals surface area contributed by atoms with Gasteiger partial charge in [-0.25, -0.2) is 0 Å². The summed E-state index contributed by atoms with van der Waals surface area (Å²) in [5, 5.41) is 9.69. The van der Waals surface area contributed by atoms with Crippen molar-refractivity contribution in [3.63, 3.8) is 0 Å². The first-order valence-corrected chi connectivity index (χ1v) is 10.9. The van der Waals surface area contributed by atoms with Crippen molar-refractivity contribution in [2.45, 2.75) is 13.5 Å². The molecule has 6 nitrogen and oxygen atoms in total. The number of ketones is 1. The maximum atomic E-state index is 12.4. The van der Waals surface area contributed by atoms with Crippen LogP contribution in [0.3, 0.4) is 0 Å². The minimum Gasteiger partial charge on any atom is -0.343 e. The Morgan fingerprint density at radius 2 is 1.87 bits per heavy atom. The van der Waals surface area contributed by atoms with Crippen LogP contribution >= 0.6 is 22.7 Å². The zero-order valence-corrected chi connectivity index (χ0v) is 17.6. The molecule has 0 saturated heterocycles. The fourth-order valence-corrected chi connectivity index (χ4v) is 4.51. The number of pyridine rings is 1. The van der Waals surface area contributed by atoms with Crippen molar-refractivity contribution in [1.82, 2.24) is 10.3 Å². The van der Waals surface area contributed by atoms with E-state index < -0.39 is 11.8 Å². The van der Waals surface area contributed by atoms with Gasteiger partial charge in [0.15, 0.2) is 0 Å². The third-order valence-electron chi connectivity index (χ3n) is 4.39. The number of amides is 2. The predicted octanol–water partition coefficient (Wildman–Crippen LogP) is 4.15. The number of fused-ring (bicyclic) bond motifs is 1. The van der Waals surface area contributed by atoms with E-state index in [2.05, 4.69) is 15.6 Å². The Kier molecular flexibility index (Phi) is 5.69. The molecule has 0 aliphatic heterocycles. The van der Waals surface area contributed by atoms with Gasteiger partial charge < -0.3 is 10.6 Å². The van der Waals surface area contributed by atoms with Crippen molar-refractivity contribution >= 4 is 56.9 Å². The van der Waals surface area contributed by atoms with Crippen LogP contribution in [0.2, 0.25) is 0 Å². The monoisotopic (exact) mass is 435 g/mol. The van der Waals surface area contributed by atoms with Gasteiger partial charge in [-0.15, -0.1) is 11.3 Å². The third kappa shape index (κ3) is 4.29. The number of hydrogen-bond donors (Lipinski definition) is 2. The molecule has 8 heteroatoms. The summed E-state index contributed by atoms with van der Waals surface area (Å²) in [4.78, 5) is 42.8. The van der Waals surface area contributed by atoms with Crippen LogP contribution in [0.25, 0.3) is 10.9 Å². The molecule has 2 amide bonds. The predicted molar refractivity (Wildman–Crippen MR) is 119 cm³/mol. The van der Waals surface area contributed by atoms with Crippen LogP contribution in [0.5, 0.6) is 0 Å². The second kappa shape index (κ2) is 8.56. The normalized spacial score (nSPS) is 10.7. The van der Waals surface area contributed by atoms with Crippen molar-refractivity contribution in [3.05, 3.63) is 80.3 Å². The van der Waals surface area contributed by atoms with Gasteiger partial charge in [0.1, 0.15) is 0 Å². The van der Waals surface area contributed by atoms with Crippen molar-refractivity contribution in [1.29, 1.82) is 0 Å². The first-order valence-electron chi connectivity index (χ1n) is 9.12. The quantitative estimate of drug-likeness (QED) is 0.364. The summed E-state index contributed by atoms with van der Waals surface area (Å²) in [6, 6.07) is 14.4. The highest BCUT2D eigenvalue weighted by molar-refractivity contribution is 7.14. The molecule has 3 aromatic heterocycles. The summed E-state index contributed by atoms with van der Waals surface area (Å²) in [6.07, 6.45) is 0. The summed E-state index contributed by atoms with van der Waals surface area (Å²) in [6.45, 7) is 2.00. The first-order chi connectivity index (χ1) is 14.5. The Bertz CT molecular complexity index is 1250. The van der Waals surface area contributed by atoms with Crippen molar-refractivity contribution in [3.8, 4) is 0 Å². The summed E-state index contributed by atoms with van der Waals surface area (Å²) in [5.41, 5.74) is 2.68. The Labute approximate surface area is 180 Å². The van der Waals surface area contributed by atoms with Crippen LogP contribution < -0.4 is 10.6 Å². The van der Waals surface area contributed by atoms with Gasteiger partial charge in [0.05, 0.1) is 22.6 Å². The average Bonchev–Trinajstić information content (AvgIpc) is 3.43. The minimum atomic E-state index is -0.753. The minimum absolute atomic E-state index is 0.0449. The Balaban J connectivity index is 1.39. The molecule has 3 heterocycles. The van der Waals surface area contributed by atoms with E-state index in [1.165, 1.54) is 22.7 Å². The molecule has 2 N–H and O–H groups in total. The van der Waals surface area contributed by atoms with E-state index in [0.29, 0.717) is 16.1 Å². The molecule has 0 spiro atoms. The molecule has 150 valence electrons.